The van der Waals surface area contributed by atoms with Crippen LogP contribution in [0.3, 0.4) is 0 Å². The maximum Gasteiger partial charge on any atom is 0.119 e. The number of nitrogens with one attached hydrogen (secondary N) is 1. The van der Waals surface area contributed by atoms with E-state index in [4.69, 9.17) is 9.47 Å². The van der Waals surface area contributed by atoms with Crippen molar-refractivity contribution in [3.05, 3.63) is 29.8 Å². The first-order chi connectivity index (χ1) is 9.36. The van der Waals surface area contributed by atoms with E-state index in [1.807, 2.05) is 12.1 Å². The van der Waals surface area contributed by atoms with Gasteiger partial charge in [-0.25, -0.2) is 0 Å². The van der Waals surface area contributed by atoms with E-state index in [-0.39, 0.29) is 0 Å². The van der Waals surface area contributed by atoms with Gasteiger partial charge in [-0.1, -0.05) is 19.1 Å². The Morgan fingerprint density at radius 3 is 2.47 bits per heavy atom. The molecule has 1 aromatic carbocycles. The molecule has 0 saturated heterocycles. The van der Waals surface area contributed by atoms with Crippen LogP contribution in [0.5, 0.6) is 5.75 Å². The van der Waals surface area contributed by atoms with Crippen molar-refractivity contribution in [1.29, 1.82) is 0 Å². The van der Waals surface area contributed by atoms with Crippen molar-refractivity contribution in [2.75, 3.05) is 33.4 Å². The van der Waals surface area contributed by atoms with Gasteiger partial charge in [0.1, 0.15) is 5.75 Å². The second kappa shape index (κ2) is 10.8. The average molecular weight is 265 g/mol. The molecule has 19 heavy (non-hydrogen) atoms. The second-order valence-electron chi connectivity index (χ2n) is 4.65. The smallest absolute Gasteiger partial charge is 0.119 e. The summed E-state index contributed by atoms with van der Waals surface area (Å²) < 4.78 is 10.8. The molecule has 3 heteroatoms. The van der Waals surface area contributed by atoms with Gasteiger partial charge in [0.25, 0.3) is 0 Å². The van der Waals surface area contributed by atoms with Crippen LogP contribution in [0, 0.1) is 0 Å². The second-order valence-corrected chi connectivity index (χ2v) is 4.65. The summed E-state index contributed by atoms with van der Waals surface area (Å²) in [5.74, 6) is 0.966. The molecule has 108 valence electrons. The molecule has 3 nitrogen and oxygen atoms in total. The molecule has 0 amide bonds. The van der Waals surface area contributed by atoms with Crippen LogP contribution in [0.4, 0.5) is 0 Å². The lowest BCUT2D eigenvalue weighted by Crippen LogP contribution is -2.14. The Morgan fingerprint density at radius 2 is 1.79 bits per heavy atom. The van der Waals surface area contributed by atoms with Crippen LogP contribution in [0.2, 0.25) is 0 Å². The summed E-state index contributed by atoms with van der Waals surface area (Å²) in [7, 11) is 1.73. The fraction of sp³-hybridized carbons (Fsp3) is 0.625. The maximum absolute atomic E-state index is 5.72. The zero-order valence-electron chi connectivity index (χ0n) is 12.3. The molecule has 0 radical (unpaired) electrons. The number of rotatable bonds is 11. The molecule has 0 aliphatic rings. The molecule has 0 heterocycles. The Balaban J connectivity index is 2.09. The van der Waals surface area contributed by atoms with E-state index in [1.54, 1.807) is 7.11 Å². The highest BCUT2D eigenvalue weighted by Crippen LogP contribution is 2.13. The largest absolute Gasteiger partial charge is 0.494 e. The van der Waals surface area contributed by atoms with E-state index in [2.05, 4.69) is 24.4 Å². The van der Waals surface area contributed by atoms with E-state index in [9.17, 15) is 0 Å². The molecule has 0 fully saturated rings. The first kappa shape index (κ1) is 16.0. The minimum Gasteiger partial charge on any atom is -0.494 e. The van der Waals surface area contributed by atoms with Crippen molar-refractivity contribution in [3.63, 3.8) is 0 Å². The van der Waals surface area contributed by atoms with Crippen molar-refractivity contribution in [2.45, 2.75) is 32.6 Å². The molecule has 0 atom stereocenters. The minimum atomic E-state index is 0.770. The standard InChI is InChI=1S/C16H27NO2/c1-3-17-12-5-4-6-13-19-16-9-7-15(8-10-16)11-14-18-2/h7-10,17H,3-6,11-14H2,1-2H3. The highest BCUT2D eigenvalue weighted by Gasteiger charge is 1.96. The number of unbranched alkanes of at least 4 members (excludes halogenated alkanes) is 2. The third kappa shape index (κ3) is 7.85. The summed E-state index contributed by atoms with van der Waals surface area (Å²) in [6, 6.07) is 8.31. The summed E-state index contributed by atoms with van der Waals surface area (Å²) in [5.41, 5.74) is 1.29. The zero-order chi connectivity index (χ0) is 13.8. The fourth-order valence-electron chi connectivity index (χ4n) is 1.87. The molecule has 1 N–H and O–H groups in total. The molecule has 0 aliphatic heterocycles. The quantitative estimate of drug-likeness (QED) is 0.624. The summed E-state index contributed by atoms with van der Waals surface area (Å²) in [6.45, 7) is 5.89. The highest BCUT2D eigenvalue weighted by atomic mass is 16.5. The van der Waals surface area contributed by atoms with Crippen molar-refractivity contribution >= 4 is 0 Å². The molecule has 0 unspecified atom stereocenters. The Labute approximate surface area is 117 Å². The van der Waals surface area contributed by atoms with Crippen molar-refractivity contribution in [1.82, 2.24) is 5.32 Å². The molecule has 0 aromatic heterocycles. The topological polar surface area (TPSA) is 30.5 Å². The number of hydrogen-bond donors (Lipinski definition) is 1. The Morgan fingerprint density at radius 1 is 1.00 bits per heavy atom. The first-order valence-electron chi connectivity index (χ1n) is 7.28. The van der Waals surface area contributed by atoms with E-state index in [0.717, 1.165) is 44.9 Å². The maximum atomic E-state index is 5.72. The number of methoxy groups -OCH3 is 1. The molecule has 1 rings (SSSR count). The van der Waals surface area contributed by atoms with Crippen LogP contribution in [0.1, 0.15) is 31.7 Å². The minimum absolute atomic E-state index is 0.770. The third-order valence-corrected chi connectivity index (χ3v) is 3.03. The van der Waals surface area contributed by atoms with Gasteiger partial charge in [0.15, 0.2) is 0 Å². The SMILES string of the molecule is CCNCCCCCOc1ccc(CCOC)cc1. The first-order valence-corrected chi connectivity index (χ1v) is 7.28. The highest BCUT2D eigenvalue weighted by molar-refractivity contribution is 5.27. The molecule has 0 bridgehead atoms. The van der Waals surface area contributed by atoms with Gasteiger partial charge >= 0.3 is 0 Å². The van der Waals surface area contributed by atoms with E-state index >= 15 is 0 Å². The van der Waals surface area contributed by atoms with Crippen LogP contribution in [0.15, 0.2) is 24.3 Å². The van der Waals surface area contributed by atoms with Crippen LogP contribution in [-0.4, -0.2) is 33.4 Å². The van der Waals surface area contributed by atoms with Gasteiger partial charge < -0.3 is 14.8 Å². The van der Waals surface area contributed by atoms with Gasteiger partial charge in [0, 0.05) is 7.11 Å². The number of benzene rings is 1. The van der Waals surface area contributed by atoms with Gasteiger partial charge in [-0.3, -0.25) is 0 Å². The molecule has 0 saturated carbocycles. The van der Waals surface area contributed by atoms with Crippen LogP contribution >= 0.6 is 0 Å². The lowest BCUT2D eigenvalue weighted by molar-refractivity contribution is 0.202. The zero-order valence-corrected chi connectivity index (χ0v) is 12.3. The van der Waals surface area contributed by atoms with Gasteiger partial charge in [-0.15, -0.1) is 0 Å². The van der Waals surface area contributed by atoms with Gasteiger partial charge in [0.05, 0.1) is 13.2 Å². The molecular weight excluding hydrogens is 238 g/mol. The summed E-state index contributed by atoms with van der Waals surface area (Å²) >= 11 is 0. The van der Waals surface area contributed by atoms with E-state index < -0.39 is 0 Å². The summed E-state index contributed by atoms with van der Waals surface area (Å²) in [4.78, 5) is 0. The predicted octanol–water partition coefficient (Wildman–Crippen LogP) is 3.03. The summed E-state index contributed by atoms with van der Waals surface area (Å²) in [5, 5.41) is 3.33. The number of hydrogen-bond acceptors (Lipinski definition) is 3. The Hall–Kier alpha value is -1.06. The van der Waals surface area contributed by atoms with Crippen LogP contribution in [-0.2, 0) is 11.2 Å². The van der Waals surface area contributed by atoms with Crippen molar-refractivity contribution in [3.8, 4) is 5.75 Å². The Kier molecular flexibility index (Phi) is 9.11. The monoisotopic (exact) mass is 265 g/mol. The van der Waals surface area contributed by atoms with Gasteiger partial charge in [0.2, 0.25) is 0 Å². The molecule has 1 aromatic rings. The lowest BCUT2D eigenvalue weighted by atomic mass is 10.1. The molecule has 0 aliphatic carbocycles. The predicted molar refractivity (Wildman–Crippen MR) is 79.9 cm³/mol. The van der Waals surface area contributed by atoms with E-state index in [1.165, 1.54) is 18.4 Å². The van der Waals surface area contributed by atoms with Crippen molar-refractivity contribution < 1.29 is 9.47 Å². The van der Waals surface area contributed by atoms with Crippen molar-refractivity contribution in [2.24, 2.45) is 0 Å². The Bertz CT molecular complexity index is 311. The molecule has 0 spiro atoms. The summed E-state index contributed by atoms with van der Waals surface area (Å²) in [6.07, 6.45) is 4.53. The molecular formula is C16H27NO2. The van der Waals surface area contributed by atoms with Crippen LogP contribution in [0.25, 0.3) is 0 Å². The van der Waals surface area contributed by atoms with Gasteiger partial charge in [-0.05, 0) is 56.5 Å². The van der Waals surface area contributed by atoms with E-state index in [0.29, 0.717) is 0 Å². The average Bonchev–Trinajstić information content (AvgIpc) is 2.45. The van der Waals surface area contributed by atoms with Gasteiger partial charge in [-0.2, -0.15) is 0 Å². The lowest BCUT2D eigenvalue weighted by Gasteiger charge is -2.07. The number of ether oxygens (including phenoxy) is 2. The third-order valence-electron chi connectivity index (χ3n) is 3.03. The normalized spacial score (nSPS) is 10.6. The fourth-order valence-corrected chi connectivity index (χ4v) is 1.87. The van der Waals surface area contributed by atoms with Crippen LogP contribution < -0.4 is 10.1 Å².